The standard InChI is InChI=1S/C22H27NO3S/c1-22(2,3)10-8-20(24)23-11-9-15-13-17(25-4)18(26-5)14-16(15)21(23)19-7-6-12-27-19/h6-8,10,12-14,21H,9,11H2,1-5H3/b10-8+. The van der Waals surface area contributed by atoms with E-state index in [9.17, 15) is 4.79 Å². The molecule has 3 rings (SSSR count). The van der Waals surface area contributed by atoms with Gasteiger partial charge in [-0.05, 0) is 52.6 Å². The fourth-order valence-electron chi connectivity index (χ4n) is 3.35. The molecule has 144 valence electrons. The summed E-state index contributed by atoms with van der Waals surface area (Å²) in [6.45, 7) is 6.96. The van der Waals surface area contributed by atoms with Gasteiger partial charge in [0, 0.05) is 11.4 Å². The molecule has 0 radical (unpaired) electrons. The van der Waals surface area contributed by atoms with Crippen molar-refractivity contribution < 1.29 is 14.3 Å². The first-order valence-electron chi connectivity index (χ1n) is 9.12. The van der Waals surface area contributed by atoms with Crippen molar-refractivity contribution in [1.29, 1.82) is 0 Å². The highest BCUT2D eigenvalue weighted by Crippen LogP contribution is 2.42. The predicted molar refractivity (Wildman–Crippen MR) is 110 cm³/mol. The van der Waals surface area contributed by atoms with Crippen LogP contribution in [0.2, 0.25) is 0 Å². The molecule has 1 atom stereocenters. The van der Waals surface area contributed by atoms with Crippen LogP contribution in [0.5, 0.6) is 11.5 Å². The smallest absolute Gasteiger partial charge is 0.247 e. The molecule has 2 heterocycles. The molecule has 0 saturated heterocycles. The number of fused-ring (bicyclic) bond motifs is 1. The van der Waals surface area contributed by atoms with E-state index in [1.165, 1.54) is 5.56 Å². The fraction of sp³-hybridized carbons (Fsp3) is 0.409. The second kappa shape index (κ2) is 7.77. The van der Waals surface area contributed by atoms with Crippen LogP contribution in [0.4, 0.5) is 0 Å². The molecule has 1 aromatic carbocycles. The summed E-state index contributed by atoms with van der Waals surface area (Å²) < 4.78 is 11.0. The maximum absolute atomic E-state index is 13.0. The van der Waals surface area contributed by atoms with E-state index >= 15 is 0 Å². The zero-order valence-electron chi connectivity index (χ0n) is 16.6. The van der Waals surface area contributed by atoms with Gasteiger partial charge in [-0.25, -0.2) is 0 Å². The molecule has 0 bridgehead atoms. The molecule has 2 aromatic rings. The van der Waals surface area contributed by atoms with E-state index in [1.807, 2.05) is 29.2 Å². The lowest BCUT2D eigenvalue weighted by molar-refractivity contribution is -0.128. The summed E-state index contributed by atoms with van der Waals surface area (Å²) in [7, 11) is 3.29. The number of benzene rings is 1. The molecule has 4 nitrogen and oxygen atoms in total. The Hall–Kier alpha value is -2.27. The molecule has 0 aliphatic carbocycles. The quantitative estimate of drug-likeness (QED) is 0.707. The minimum Gasteiger partial charge on any atom is -0.493 e. The molecule has 0 spiro atoms. The van der Waals surface area contributed by atoms with Gasteiger partial charge in [-0.2, -0.15) is 0 Å². The normalized spacial score (nSPS) is 17.1. The van der Waals surface area contributed by atoms with Gasteiger partial charge in [-0.15, -0.1) is 11.3 Å². The predicted octanol–water partition coefficient (Wildman–Crippen LogP) is 4.84. The first-order chi connectivity index (χ1) is 12.8. The highest BCUT2D eigenvalue weighted by Gasteiger charge is 2.33. The Kier molecular flexibility index (Phi) is 5.61. The maximum Gasteiger partial charge on any atom is 0.247 e. The van der Waals surface area contributed by atoms with Crippen LogP contribution in [0.1, 0.15) is 42.8 Å². The number of hydrogen-bond donors (Lipinski definition) is 0. The molecule has 1 amide bonds. The van der Waals surface area contributed by atoms with Crippen molar-refractivity contribution in [3.63, 3.8) is 0 Å². The molecular weight excluding hydrogens is 358 g/mol. The molecule has 1 aliphatic rings. The van der Waals surface area contributed by atoms with Gasteiger partial charge in [-0.1, -0.05) is 32.9 Å². The number of carbonyl (C=O) groups excluding carboxylic acids is 1. The summed E-state index contributed by atoms with van der Waals surface area (Å²) in [6, 6.07) is 8.08. The monoisotopic (exact) mass is 385 g/mol. The van der Waals surface area contributed by atoms with Crippen LogP contribution in [0.3, 0.4) is 0 Å². The van der Waals surface area contributed by atoms with Gasteiger partial charge in [0.1, 0.15) is 0 Å². The van der Waals surface area contributed by atoms with Crippen molar-refractivity contribution in [2.24, 2.45) is 5.41 Å². The Morgan fingerprint density at radius 2 is 1.93 bits per heavy atom. The van der Waals surface area contributed by atoms with Crippen LogP contribution >= 0.6 is 11.3 Å². The SMILES string of the molecule is COc1cc2c(cc1OC)C(c1cccs1)N(C(=O)/C=C/C(C)(C)C)CC2. The third-order valence-corrected chi connectivity index (χ3v) is 5.62. The van der Waals surface area contributed by atoms with Crippen LogP contribution in [-0.4, -0.2) is 31.6 Å². The number of amides is 1. The lowest BCUT2D eigenvalue weighted by atomic mass is 9.90. The Balaban J connectivity index is 2.05. The van der Waals surface area contributed by atoms with Gasteiger partial charge in [0.15, 0.2) is 11.5 Å². The summed E-state index contributed by atoms with van der Waals surface area (Å²) in [5.74, 6) is 1.47. The number of hydrogen-bond acceptors (Lipinski definition) is 4. The summed E-state index contributed by atoms with van der Waals surface area (Å²) >= 11 is 1.67. The first-order valence-corrected chi connectivity index (χ1v) is 10.00. The van der Waals surface area contributed by atoms with Crippen molar-refractivity contribution in [1.82, 2.24) is 4.90 Å². The van der Waals surface area contributed by atoms with Crippen molar-refractivity contribution in [2.75, 3.05) is 20.8 Å². The van der Waals surface area contributed by atoms with Gasteiger partial charge in [0.25, 0.3) is 0 Å². The highest BCUT2D eigenvalue weighted by atomic mass is 32.1. The number of carbonyl (C=O) groups is 1. The van der Waals surface area contributed by atoms with Crippen molar-refractivity contribution in [3.8, 4) is 11.5 Å². The van der Waals surface area contributed by atoms with E-state index < -0.39 is 0 Å². The first kappa shape index (κ1) is 19.5. The topological polar surface area (TPSA) is 38.8 Å². The summed E-state index contributed by atoms with van der Waals surface area (Å²) in [4.78, 5) is 16.1. The van der Waals surface area contributed by atoms with Gasteiger partial charge in [-0.3, -0.25) is 4.79 Å². The molecule has 0 saturated carbocycles. The largest absolute Gasteiger partial charge is 0.493 e. The molecule has 1 aliphatic heterocycles. The van der Waals surface area contributed by atoms with E-state index in [1.54, 1.807) is 31.6 Å². The van der Waals surface area contributed by atoms with Crippen LogP contribution in [0, 0.1) is 5.41 Å². The van der Waals surface area contributed by atoms with Crippen LogP contribution < -0.4 is 9.47 Å². The second-order valence-corrected chi connectivity index (χ2v) is 8.78. The maximum atomic E-state index is 13.0. The summed E-state index contributed by atoms with van der Waals surface area (Å²) in [5.41, 5.74) is 2.28. The number of thiophene rings is 1. The van der Waals surface area contributed by atoms with Crippen molar-refractivity contribution >= 4 is 17.2 Å². The molecule has 0 fully saturated rings. The fourth-order valence-corrected chi connectivity index (χ4v) is 4.21. The molecule has 5 heteroatoms. The van der Waals surface area contributed by atoms with E-state index in [-0.39, 0.29) is 17.4 Å². The Morgan fingerprint density at radius 1 is 1.22 bits per heavy atom. The Labute approximate surface area is 165 Å². The number of allylic oxidation sites excluding steroid dienone is 1. The molecule has 27 heavy (non-hydrogen) atoms. The average molecular weight is 386 g/mol. The molecule has 1 unspecified atom stereocenters. The highest BCUT2D eigenvalue weighted by molar-refractivity contribution is 7.10. The van der Waals surface area contributed by atoms with E-state index in [4.69, 9.17) is 9.47 Å². The van der Waals surface area contributed by atoms with Gasteiger partial charge in [0.05, 0.1) is 20.3 Å². The van der Waals surface area contributed by atoms with E-state index in [0.29, 0.717) is 12.3 Å². The number of rotatable bonds is 4. The lowest BCUT2D eigenvalue weighted by Gasteiger charge is -2.37. The Bertz CT molecular complexity index is 834. The van der Waals surface area contributed by atoms with E-state index in [0.717, 1.165) is 22.6 Å². The zero-order valence-corrected chi connectivity index (χ0v) is 17.4. The number of ether oxygens (including phenoxy) is 2. The average Bonchev–Trinajstić information content (AvgIpc) is 3.17. The minimum absolute atomic E-state index is 0.0294. The molecule has 1 aromatic heterocycles. The van der Waals surface area contributed by atoms with Crippen LogP contribution in [0.25, 0.3) is 0 Å². The van der Waals surface area contributed by atoms with Crippen LogP contribution in [-0.2, 0) is 11.2 Å². The zero-order chi connectivity index (χ0) is 19.6. The Morgan fingerprint density at radius 3 is 2.52 bits per heavy atom. The van der Waals surface area contributed by atoms with Gasteiger partial charge in [0.2, 0.25) is 5.91 Å². The van der Waals surface area contributed by atoms with Crippen molar-refractivity contribution in [2.45, 2.75) is 33.2 Å². The van der Waals surface area contributed by atoms with Crippen molar-refractivity contribution in [3.05, 3.63) is 57.8 Å². The lowest BCUT2D eigenvalue weighted by Crippen LogP contribution is -2.39. The third kappa shape index (κ3) is 4.19. The summed E-state index contributed by atoms with van der Waals surface area (Å²) in [5, 5.41) is 2.05. The third-order valence-electron chi connectivity index (χ3n) is 4.70. The van der Waals surface area contributed by atoms with E-state index in [2.05, 4.69) is 32.2 Å². The van der Waals surface area contributed by atoms with Gasteiger partial charge < -0.3 is 14.4 Å². The minimum atomic E-state index is -0.106. The molecular formula is C22H27NO3S. The summed E-state index contributed by atoms with van der Waals surface area (Å²) in [6.07, 6.45) is 4.49. The number of methoxy groups -OCH3 is 2. The van der Waals surface area contributed by atoms with Gasteiger partial charge >= 0.3 is 0 Å². The molecule has 0 N–H and O–H groups in total. The number of nitrogens with zero attached hydrogens (tertiary/aromatic N) is 1. The second-order valence-electron chi connectivity index (χ2n) is 7.80. The van der Waals surface area contributed by atoms with Crippen LogP contribution in [0.15, 0.2) is 41.8 Å².